The minimum Gasteiger partial charge on any atom is -0.496 e. The lowest BCUT2D eigenvalue weighted by atomic mass is 10.1. The van der Waals surface area contributed by atoms with Gasteiger partial charge in [0.1, 0.15) is 5.75 Å². The lowest BCUT2D eigenvalue weighted by molar-refractivity contribution is -0.152. The van der Waals surface area contributed by atoms with Crippen LogP contribution in [0.1, 0.15) is 12.5 Å². The number of fused-ring (bicyclic) bond motifs is 1. The molecule has 0 bridgehead atoms. The fraction of sp³-hybridized carbons (Fsp3) is 0.263. The number of methoxy groups -OCH3 is 1. The Labute approximate surface area is 161 Å². The van der Waals surface area contributed by atoms with Gasteiger partial charge in [0.15, 0.2) is 17.6 Å². The largest absolute Gasteiger partial charge is 0.496 e. The quantitative estimate of drug-likeness (QED) is 0.761. The van der Waals surface area contributed by atoms with Gasteiger partial charge in [-0.2, -0.15) is 0 Å². The molecule has 142 valence electrons. The predicted molar refractivity (Wildman–Crippen MR) is 98.5 cm³/mol. The van der Waals surface area contributed by atoms with E-state index >= 15 is 0 Å². The molecule has 0 unspecified atom stereocenters. The highest BCUT2D eigenvalue weighted by atomic mass is 35.5. The van der Waals surface area contributed by atoms with E-state index in [4.69, 9.17) is 30.5 Å². The van der Waals surface area contributed by atoms with E-state index in [0.717, 1.165) is 0 Å². The molecule has 2 aromatic carbocycles. The van der Waals surface area contributed by atoms with Crippen molar-refractivity contribution in [1.82, 2.24) is 0 Å². The minimum atomic E-state index is -0.979. The second-order valence-corrected chi connectivity index (χ2v) is 6.26. The molecule has 7 nitrogen and oxygen atoms in total. The van der Waals surface area contributed by atoms with Crippen molar-refractivity contribution in [3.05, 3.63) is 47.0 Å². The monoisotopic (exact) mass is 391 g/mol. The molecular weight excluding hydrogens is 374 g/mol. The average Bonchev–Trinajstić information content (AvgIpc) is 3.09. The van der Waals surface area contributed by atoms with Gasteiger partial charge in [-0.05, 0) is 37.3 Å². The van der Waals surface area contributed by atoms with Gasteiger partial charge >= 0.3 is 5.97 Å². The Morgan fingerprint density at radius 3 is 2.74 bits per heavy atom. The molecule has 2 aromatic rings. The molecule has 0 fully saturated rings. The van der Waals surface area contributed by atoms with Crippen LogP contribution in [0, 0.1) is 0 Å². The summed E-state index contributed by atoms with van der Waals surface area (Å²) in [6.45, 7) is 1.64. The maximum absolute atomic E-state index is 12.3. The highest BCUT2D eigenvalue weighted by molar-refractivity contribution is 6.30. The Morgan fingerprint density at radius 1 is 1.19 bits per heavy atom. The van der Waals surface area contributed by atoms with Crippen LogP contribution in [0.5, 0.6) is 17.2 Å². The van der Waals surface area contributed by atoms with Gasteiger partial charge in [0.05, 0.1) is 13.5 Å². The number of rotatable bonds is 6. The lowest BCUT2D eigenvalue weighted by Gasteiger charge is -2.14. The molecule has 1 amide bonds. The second-order valence-electron chi connectivity index (χ2n) is 5.82. The van der Waals surface area contributed by atoms with Gasteiger partial charge < -0.3 is 24.3 Å². The number of amides is 1. The smallest absolute Gasteiger partial charge is 0.311 e. The van der Waals surface area contributed by atoms with Crippen LogP contribution in [0.4, 0.5) is 5.69 Å². The summed E-state index contributed by atoms with van der Waals surface area (Å²) in [4.78, 5) is 24.4. The third-order valence-corrected chi connectivity index (χ3v) is 4.13. The van der Waals surface area contributed by atoms with Gasteiger partial charge in [-0.25, -0.2) is 0 Å². The Morgan fingerprint density at radius 2 is 1.96 bits per heavy atom. The number of carbonyl (C=O) groups is 2. The van der Waals surface area contributed by atoms with Crippen LogP contribution < -0.4 is 19.5 Å². The minimum absolute atomic E-state index is 0.0641. The Hall–Kier alpha value is -2.93. The van der Waals surface area contributed by atoms with Crippen molar-refractivity contribution in [3.8, 4) is 17.2 Å². The Bertz CT molecular complexity index is 869. The topological polar surface area (TPSA) is 83.1 Å². The zero-order valence-corrected chi connectivity index (χ0v) is 15.5. The summed E-state index contributed by atoms with van der Waals surface area (Å²) in [5.74, 6) is 0.659. The van der Waals surface area contributed by atoms with Gasteiger partial charge in [0, 0.05) is 22.3 Å². The van der Waals surface area contributed by atoms with E-state index in [1.807, 2.05) is 0 Å². The van der Waals surface area contributed by atoms with Crippen LogP contribution in [0.3, 0.4) is 0 Å². The zero-order valence-electron chi connectivity index (χ0n) is 14.8. The fourth-order valence-corrected chi connectivity index (χ4v) is 2.75. The first-order valence-electron chi connectivity index (χ1n) is 8.18. The molecule has 0 radical (unpaired) electrons. The highest BCUT2D eigenvalue weighted by Gasteiger charge is 2.21. The first-order valence-corrected chi connectivity index (χ1v) is 8.56. The molecule has 0 spiro atoms. The number of halogens is 1. The van der Waals surface area contributed by atoms with Crippen LogP contribution in [0.15, 0.2) is 36.4 Å². The van der Waals surface area contributed by atoms with Crippen LogP contribution in [-0.4, -0.2) is 31.9 Å². The molecule has 0 aliphatic carbocycles. The Balaban J connectivity index is 1.58. The standard InChI is InChI=1S/C19H18ClNO6/c1-11(19(23)21-14-4-6-16-17(9-14)26-10-25-16)27-18(22)8-12-7-13(20)3-5-15(12)24-2/h3-7,9,11H,8,10H2,1-2H3,(H,21,23)/t11-/m0/s1. The molecule has 1 aliphatic heterocycles. The van der Waals surface area contributed by atoms with Crippen molar-refractivity contribution in [3.63, 3.8) is 0 Å². The molecule has 1 N–H and O–H groups in total. The SMILES string of the molecule is COc1ccc(Cl)cc1CC(=O)O[C@@H](C)C(=O)Nc1ccc2c(c1)OCO2. The normalized spacial score (nSPS) is 13.0. The summed E-state index contributed by atoms with van der Waals surface area (Å²) in [5, 5.41) is 3.15. The van der Waals surface area contributed by atoms with Crippen molar-refractivity contribution in [2.45, 2.75) is 19.4 Å². The summed E-state index contributed by atoms with van der Waals surface area (Å²) in [7, 11) is 1.50. The van der Waals surface area contributed by atoms with E-state index in [2.05, 4.69) is 5.32 Å². The van der Waals surface area contributed by atoms with E-state index in [0.29, 0.717) is 33.5 Å². The summed E-state index contributed by atoms with van der Waals surface area (Å²) >= 11 is 5.95. The number of esters is 1. The molecule has 27 heavy (non-hydrogen) atoms. The van der Waals surface area contributed by atoms with Crippen LogP contribution >= 0.6 is 11.6 Å². The summed E-state index contributed by atoms with van der Waals surface area (Å²) in [5.41, 5.74) is 1.10. The molecule has 0 saturated heterocycles. The molecule has 3 rings (SSSR count). The third-order valence-electron chi connectivity index (χ3n) is 3.89. The van der Waals surface area contributed by atoms with Gasteiger partial charge in [0.2, 0.25) is 6.79 Å². The molecule has 1 heterocycles. The lowest BCUT2D eigenvalue weighted by Crippen LogP contribution is -2.30. The first-order chi connectivity index (χ1) is 13.0. The number of hydrogen-bond acceptors (Lipinski definition) is 6. The molecular formula is C19H18ClNO6. The van der Waals surface area contributed by atoms with Crippen LogP contribution in [0.25, 0.3) is 0 Å². The van der Waals surface area contributed by atoms with E-state index in [1.54, 1.807) is 36.4 Å². The summed E-state index contributed by atoms with van der Waals surface area (Å²) < 4.78 is 20.9. The summed E-state index contributed by atoms with van der Waals surface area (Å²) in [6.07, 6.45) is -1.04. The first kappa shape index (κ1) is 18.8. The zero-order chi connectivity index (χ0) is 19.4. The number of nitrogens with one attached hydrogen (secondary N) is 1. The van der Waals surface area contributed by atoms with Crippen molar-refractivity contribution in [2.24, 2.45) is 0 Å². The van der Waals surface area contributed by atoms with E-state index in [1.165, 1.54) is 14.0 Å². The number of benzene rings is 2. The number of hydrogen-bond donors (Lipinski definition) is 1. The van der Waals surface area contributed by atoms with Crippen LogP contribution in [-0.2, 0) is 20.7 Å². The van der Waals surface area contributed by atoms with Crippen LogP contribution in [0.2, 0.25) is 5.02 Å². The maximum atomic E-state index is 12.3. The van der Waals surface area contributed by atoms with Crippen molar-refractivity contribution >= 4 is 29.2 Å². The number of ether oxygens (including phenoxy) is 4. The highest BCUT2D eigenvalue weighted by Crippen LogP contribution is 2.34. The average molecular weight is 392 g/mol. The molecule has 0 saturated carbocycles. The third kappa shape index (κ3) is 4.62. The van der Waals surface area contributed by atoms with E-state index < -0.39 is 18.0 Å². The van der Waals surface area contributed by atoms with Gasteiger partial charge in [0.25, 0.3) is 5.91 Å². The van der Waals surface area contributed by atoms with Gasteiger partial charge in [-0.1, -0.05) is 11.6 Å². The van der Waals surface area contributed by atoms with Crippen molar-refractivity contribution in [2.75, 3.05) is 19.2 Å². The second kappa shape index (κ2) is 8.18. The number of anilines is 1. The van der Waals surface area contributed by atoms with Crippen molar-refractivity contribution in [1.29, 1.82) is 0 Å². The molecule has 8 heteroatoms. The van der Waals surface area contributed by atoms with E-state index in [9.17, 15) is 9.59 Å². The van der Waals surface area contributed by atoms with Gasteiger partial charge in [-0.15, -0.1) is 0 Å². The fourth-order valence-electron chi connectivity index (χ4n) is 2.55. The predicted octanol–water partition coefficient (Wildman–Crippen LogP) is 3.19. The molecule has 0 aromatic heterocycles. The maximum Gasteiger partial charge on any atom is 0.311 e. The van der Waals surface area contributed by atoms with Gasteiger partial charge in [-0.3, -0.25) is 9.59 Å². The molecule has 1 aliphatic rings. The Kier molecular flexibility index (Phi) is 5.71. The van der Waals surface area contributed by atoms with E-state index in [-0.39, 0.29) is 13.2 Å². The number of carbonyl (C=O) groups excluding carboxylic acids is 2. The van der Waals surface area contributed by atoms with Crippen molar-refractivity contribution < 1.29 is 28.5 Å². The molecule has 1 atom stereocenters. The summed E-state index contributed by atoms with van der Waals surface area (Å²) in [6, 6.07) is 9.97.